The fraction of sp³-hybridized carbons (Fsp3) is 0.458. The zero-order chi connectivity index (χ0) is 22.9. The Morgan fingerprint density at radius 3 is 2.69 bits per heavy atom. The molecule has 1 N–H and O–H groups in total. The van der Waals surface area contributed by atoms with Gasteiger partial charge >= 0.3 is 0 Å². The van der Waals surface area contributed by atoms with Crippen LogP contribution < -0.4 is 14.8 Å². The summed E-state index contributed by atoms with van der Waals surface area (Å²) in [6.45, 7) is 7.57. The van der Waals surface area contributed by atoms with Crippen LogP contribution in [0.3, 0.4) is 0 Å². The summed E-state index contributed by atoms with van der Waals surface area (Å²) in [4.78, 5) is 13.2. The lowest BCUT2D eigenvalue weighted by molar-refractivity contribution is 0.0949. The summed E-state index contributed by atoms with van der Waals surface area (Å²) in [7, 11) is -3.59. The molecule has 4 rings (SSSR count). The van der Waals surface area contributed by atoms with Crippen LogP contribution in [0.2, 0.25) is 0 Å². The van der Waals surface area contributed by atoms with Crippen molar-refractivity contribution in [2.45, 2.75) is 57.6 Å². The molecule has 2 heterocycles. The van der Waals surface area contributed by atoms with Crippen molar-refractivity contribution in [1.29, 1.82) is 0 Å². The molecule has 0 saturated carbocycles. The average Bonchev–Trinajstić information content (AvgIpc) is 3.41. The van der Waals surface area contributed by atoms with E-state index >= 15 is 0 Å². The predicted octanol–water partition coefficient (Wildman–Crippen LogP) is 3.43. The van der Waals surface area contributed by atoms with Crippen molar-refractivity contribution in [2.24, 2.45) is 0 Å². The lowest BCUT2D eigenvalue weighted by atomic mass is 10.1. The molecule has 0 bridgehead atoms. The van der Waals surface area contributed by atoms with E-state index in [4.69, 9.17) is 9.47 Å². The Morgan fingerprint density at radius 1 is 1.22 bits per heavy atom. The van der Waals surface area contributed by atoms with Gasteiger partial charge in [-0.25, -0.2) is 8.42 Å². The fourth-order valence-corrected chi connectivity index (χ4v) is 5.81. The van der Waals surface area contributed by atoms with E-state index in [9.17, 15) is 13.2 Å². The first-order valence-electron chi connectivity index (χ1n) is 11.1. The molecule has 0 spiro atoms. The molecule has 0 aliphatic carbocycles. The highest BCUT2D eigenvalue weighted by Crippen LogP contribution is 2.35. The van der Waals surface area contributed by atoms with Gasteiger partial charge in [-0.3, -0.25) is 4.79 Å². The van der Waals surface area contributed by atoms with Gasteiger partial charge in [0.15, 0.2) is 0 Å². The van der Waals surface area contributed by atoms with Crippen molar-refractivity contribution in [2.75, 3.05) is 19.7 Å². The minimum atomic E-state index is -3.59. The molecule has 0 radical (unpaired) electrons. The van der Waals surface area contributed by atoms with E-state index in [-0.39, 0.29) is 23.5 Å². The second-order valence-corrected chi connectivity index (χ2v) is 10.3. The van der Waals surface area contributed by atoms with Crippen molar-refractivity contribution < 1.29 is 22.7 Å². The van der Waals surface area contributed by atoms with Crippen LogP contribution in [0, 0.1) is 6.92 Å². The first kappa shape index (κ1) is 22.6. The van der Waals surface area contributed by atoms with Gasteiger partial charge in [0.05, 0.1) is 11.5 Å². The van der Waals surface area contributed by atoms with E-state index in [2.05, 4.69) is 5.32 Å². The number of fused-ring (bicyclic) bond motifs is 1. The van der Waals surface area contributed by atoms with Crippen LogP contribution in [0.4, 0.5) is 0 Å². The van der Waals surface area contributed by atoms with E-state index in [1.807, 2.05) is 26.0 Å². The van der Waals surface area contributed by atoms with Crippen LogP contribution >= 0.6 is 0 Å². The van der Waals surface area contributed by atoms with Gasteiger partial charge in [-0.15, -0.1) is 0 Å². The molecule has 32 heavy (non-hydrogen) atoms. The molecule has 1 saturated heterocycles. The summed E-state index contributed by atoms with van der Waals surface area (Å²) < 4.78 is 39.0. The molecule has 2 aromatic carbocycles. The van der Waals surface area contributed by atoms with Crippen molar-refractivity contribution in [1.82, 2.24) is 9.62 Å². The summed E-state index contributed by atoms with van der Waals surface area (Å²) in [6.07, 6.45) is 2.68. The molecule has 1 amide bonds. The molecule has 2 aromatic rings. The van der Waals surface area contributed by atoms with Crippen LogP contribution in [0.15, 0.2) is 35.2 Å². The Morgan fingerprint density at radius 2 is 1.97 bits per heavy atom. The maximum atomic E-state index is 13.0. The van der Waals surface area contributed by atoms with Gasteiger partial charge in [0, 0.05) is 42.7 Å². The van der Waals surface area contributed by atoms with Crippen molar-refractivity contribution in [3.05, 3.63) is 52.6 Å². The number of nitrogens with zero attached hydrogens (tertiary/aromatic N) is 1. The largest absolute Gasteiger partial charge is 0.494 e. The second kappa shape index (κ2) is 9.11. The van der Waals surface area contributed by atoms with Crippen molar-refractivity contribution >= 4 is 15.9 Å². The van der Waals surface area contributed by atoms with Gasteiger partial charge < -0.3 is 14.8 Å². The van der Waals surface area contributed by atoms with Crippen LogP contribution in [0.5, 0.6) is 11.5 Å². The topological polar surface area (TPSA) is 84.9 Å². The van der Waals surface area contributed by atoms with Crippen molar-refractivity contribution in [3.8, 4) is 11.5 Å². The molecule has 2 aliphatic rings. The van der Waals surface area contributed by atoms with E-state index in [1.165, 1.54) is 10.4 Å². The number of aryl methyl sites for hydroxylation is 1. The summed E-state index contributed by atoms with van der Waals surface area (Å²) in [6, 6.07) is 8.65. The fourth-order valence-electron chi connectivity index (χ4n) is 4.26. The number of hydrogen-bond donors (Lipinski definition) is 1. The first-order chi connectivity index (χ1) is 15.3. The van der Waals surface area contributed by atoms with E-state index < -0.39 is 10.0 Å². The Hall–Kier alpha value is -2.58. The quantitative estimate of drug-likeness (QED) is 0.687. The number of rotatable bonds is 7. The zero-order valence-corrected chi connectivity index (χ0v) is 19.6. The van der Waals surface area contributed by atoms with Crippen molar-refractivity contribution in [3.63, 3.8) is 0 Å². The van der Waals surface area contributed by atoms with Gasteiger partial charge in [0.2, 0.25) is 10.0 Å². The predicted molar refractivity (Wildman–Crippen MR) is 122 cm³/mol. The third-order valence-corrected chi connectivity index (χ3v) is 7.87. The molecule has 172 valence electrons. The normalized spacial score (nSPS) is 18.3. The lowest BCUT2D eigenvalue weighted by Gasteiger charge is -2.17. The molecule has 1 fully saturated rings. The van der Waals surface area contributed by atoms with Crippen LogP contribution in [0.25, 0.3) is 0 Å². The molecular formula is C24H30N2O5S. The molecule has 2 aliphatic heterocycles. The average molecular weight is 459 g/mol. The van der Waals surface area contributed by atoms with Crippen LogP contribution in [-0.4, -0.2) is 44.4 Å². The number of benzene rings is 2. The van der Waals surface area contributed by atoms with Gasteiger partial charge in [-0.1, -0.05) is 6.07 Å². The SMILES string of the molecule is CCOc1cc2c(cc1CNC(=O)c1cc(S(=O)(=O)N3CCCC3)ccc1C)O[C@H](C)C2. The Bertz CT molecular complexity index is 1120. The number of carbonyl (C=O) groups is 1. The maximum Gasteiger partial charge on any atom is 0.251 e. The Balaban J connectivity index is 1.54. The smallest absolute Gasteiger partial charge is 0.251 e. The monoisotopic (exact) mass is 458 g/mol. The maximum absolute atomic E-state index is 13.0. The lowest BCUT2D eigenvalue weighted by Crippen LogP contribution is -2.29. The highest BCUT2D eigenvalue weighted by Gasteiger charge is 2.28. The Kier molecular flexibility index (Phi) is 6.44. The van der Waals surface area contributed by atoms with E-state index in [0.717, 1.165) is 47.5 Å². The van der Waals surface area contributed by atoms with Crippen LogP contribution in [0.1, 0.15) is 53.7 Å². The van der Waals surface area contributed by atoms with Gasteiger partial charge in [-0.05, 0) is 63.4 Å². The zero-order valence-electron chi connectivity index (χ0n) is 18.8. The highest BCUT2D eigenvalue weighted by molar-refractivity contribution is 7.89. The number of sulfonamides is 1. The third kappa shape index (κ3) is 4.47. The number of carbonyl (C=O) groups excluding carboxylic acids is 1. The number of amides is 1. The van der Waals surface area contributed by atoms with Crippen LogP contribution in [-0.2, 0) is 23.0 Å². The molecular weight excluding hydrogens is 428 g/mol. The van der Waals surface area contributed by atoms with E-state index in [0.29, 0.717) is 25.3 Å². The first-order valence-corrected chi connectivity index (χ1v) is 12.6. The summed E-state index contributed by atoms with van der Waals surface area (Å²) in [5.74, 6) is 1.23. The third-order valence-electron chi connectivity index (χ3n) is 5.97. The minimum absolute atomic E-state index is 0.118. The number of nitrogens with one attached hydrogen (secondary N) is 1. The summed E-state index contributed by atoms with van der Waals surface area (Å²) in [5, 5.41) is 2.92. The van der Waals surface area contributed by atoms with Gasteiger partial charge in [-0.2, -0.15) is 4.31 Å². The molecule has 0 aromatic heterocycles. The molecule has 1 atom stereocenters. The minimum Gasteiger partial charge on any atom is -0.494 e. The van der Waals surface area contributed by atoms with Gasteiger partial charge in [0.25, 0.3) is 5.91 Å². The number of hydrogen-bond acceptors (Lipinski definition) is 5. The summed E-state index contributed by atoms with van der Waals surface area (Å²) in [5.41, 5.74) is 3.01. The van der Waals surface area contributed by atoms with Gasteiger partial charge in [0.1, 0.15) is 17.6 Å². The highest BCUT2D eigenvalue weighted by atomic mass is 32.2. The molecule has 7 nitrogen and oxygen atoms in total. The summed E-state index contributed by atoms with van der Waals surface area (Å²) >= 11 is 0. The van der Waals surface area contributed by atoms with E-state index in [1.54, 1.807) is 19.1 Å². The standard InChI is InChI=1S/C24H30N2O5S/c1-4-30-22-12-18-11-17(3)31-23(18)13-19(22)15-25-24(27)21-14-20(8-7-16(21)2)32(28,29)26-9-5-6-10-26/h7-8,12-14,17H,4-6,9-11,15H2,1-3H3,(H,25,27)/t17-/m1/s1. The molecule has 0 unspecified atom stereocenters. The molecule has 8 heteroatoms. The number of ether oxygens (including phenoxy) is 2. The Labute approximate surface area is 189 Å². The second-order valence-electron chi connectivity index (χ2n) is 8.40.